The van der Waals surface area contributed by atoms with E-state index >= 15 is 0 Å². The van der Waals surface area contributed by atoms with Crippen LogP contribution in [-0.2, 0) is 12.7 Å². The van der Waals surface area contributed by atoms with Gasteiger partial charge >= 0.3 is 6.18 Å². The summed E-state index contributed by atoms with van der Waals surface area (Å²) in [4.78, 5) is 21.4. The summed E-state index contributed by atoms with van der Waals surface area (Å²) in [6.45, 7) is 3.70. The fourth-order valence-electron chi connectivity index (χ4n) is 1.97. The van der Waals surface area contributed by atoms with E-state index in [2.05, 4.69) is 15.3 Å². The molecule has 0 saturated heterocycles. The van der Waals surface area contributed by atoms with Gasteiger partial charge in [-0.05, 0) is 31.5 Å². The molecule has 2 N–H and O–H groups in total. The number of nitrogens with one attached hydrogen (secondary N) is 2. The maximum absolute atomic E-state index is 12.7. The normalized spacial score (nSPS) is 11.5. The summed E-state index contributed by atoms with van der Waals surface area (Å²) < 4.78 is 38.0. The zero-order chi connectivity index (χ0) is 15.6. The Morgan fingerprint density at radius 1 is 1.29 bits per heavy atom. The predicted octanol–water partition coefficient (Wildman–Crippen LogP) is 2.37. The Hall–Kier alpha value is -2.38. The highest BCUT2D eigenvalue weighted by atomic mass is 19.4. The van der Waals surface area contributed by atoms with Crippen molar-refractivity contribution in [3.05, 3.63) is 46.8 Å². The standard InChI is InChI=1S/C13H13F3N4O/c1-7-3-9(4-8(2)20-7)5-17-12(21)10-11(13(14,15)16)19-6-18-10/h3-4,6H,5H2,1-2H3,(H,17,21)(H,18,19). The molecule has 2 aromatic rings. The molecule has 0 bridgehead atoms. The number of carbonyl (C=O) groups is 1. The highest BCUT2D eigenvalue weighted by Crippen LogP contribution is 2.29. The van der Waals surface area contributed by atoms with Gasteiger partial charge in [0.05, 0.1) is 6.33 Å². The second-order valence-corrected chi connectivity index (χ2v) is 4.56. The third kappa shape index (κ3) is 3.59. The van der Waals surface area contributed by atoms with Gasteiger partial charge in [-0.15, -0.1) is 0 Å². The van der Waals surface area contributed by atoms with Crippen molar-refractivity contribution in [1.29, 1.82) is 0 Å². The van der Waals surface area contributed by atoms with Gasteiger partial charge < -0.3 is 10.3 Å². The van der Waals surface area contributed by atoms with Gasteiger partial charge in [0.25, 0.3) is 5.91 Å². The largest absolute Gasteiger partial charge is 0.433 e. The van der Waals surface area contributed by atoms with Gasteiger partial charge in [0.2, 0.25) is 0 Å². The van der Waals surface area contributed by atoms with E-state index in [1.54, 1.807) is 26.0 Å². The van der Waals surface area contributed by atoms with Crippen molar-refractivity contribution < 1.29 is 18.0 Å². The quantitative estimate of drug-likeness (QED) is 0.914. The Bertz CT molecular complexity index is 643. The summed E-state index contributed by atoms with van der Waals surface area (Å²) in [6.07, 6.45) is -3.80. The Balaban J connectivity index is 2.11. The van der Waals surface area contributed by atoms with Crippen molar-refractivity contribution in [3.8, 4) is 0 Å². The Morgan fingerprint density at radius 3 is 2.48 bits per heavy atom. The molecule has 1 amide bonds. The number of aromatic nitrogens is 3. The van der Waals surface area contributed by atoms with Crippen LogP contribution >= 0.6 is 0 Å². The first kappa shape index (κ1) is 15.0. The molecule has 0 radical (unpaired) electrons. The Morgan fingerprint density at radius 2 is 1.90 bits per heavy atom. The van der Waals surface area contributed by atoms with Crippen molar-refractivity contribution in [3.63, 3.8) is 0 Å². The van der Waals surface area contributed by atoms with Crippen LogP contribution in [0.1, 0.15) is 33.1 Å². The molecule has 2 heterocycles. The van der Waals surface area contributed by atoms with Gasteiger partial charge in [-0.3, -0.25) is 9.78 Å². The summed E-state index contributed by atoms with van der Waals surface area (Å²) in [5, 5.41) is 2.42. The number of imidazole rings is 1. The van der Waals surface area contributed by atoms with Crippen LogP contribution < -0.4 is 5.32 Å². The zero-order valence-corrected chi connectivity index (χ0v) is 11.4. The number of rotatable bonds is 3. The highest BCUT2D eigenvalue weighted by molar-refractivity contribution is 5.93. The van der Waals surface area contributed by atoms with Crippen molar-refractivity contribution in [2.24, 2.45) is 0 Å². The van der Waals surface area contributed by atoms with Gasteiger partial charge in [-0.1, -0.05) is 0 Å². The molecule has 2 rings (SSSR count). The van der Waals surface area contributed by atoms with E-state index in [1.807, 2.05) is 4.98 Å². The number of hydrogen-bond donors (Lipinski definition) is 2. The summed E-state index contributed by atoms with van der Waals surface area (Å²) in [7, 11) is 0. The third-order valence-corrected chi connectivity index (χ3v) is 2.73. The summed E-state index contributed by atoms with van der Waals surface area (Å²) in [5.74, 6) is -0.879. The van der Waals surface area contributed by atoms with Crippen LogP contribution in [0.3, 0.4) is 0 Å². The summed E-state index contributed by atoms with van der Waals surface area (Å²) in [5.41, 5.74) is 0.495. The topological polar surface area (TPSA) is 70.7 Å². The SMILES string of the molecule is Cc1cc(CNC(=O)c2nc[nH]c2C(F)(F)F)cc(C)n1. The molecule has 5 nitrogen and oxygen atoms in total. The van der Waals surface area contributed by atoms with E-state index < -0.39 is 23.5 Å². The van der Waals surface area contributed by atoms with Crippen LogP contribution in [0.5, 0.6) is 0 Å². The Kier molecular flexibility index (Phi) is 3.97. The summed E-state index contributed by atoms with van der Waals surface area (Å²) >= 11 is 0. The molecule has 0 fully saturated rings. The van der Waals surface area contributed by atoms with E-state index in [1.165, 1.54) is 0 Å². The summed E-state index contributed by atoms with van der Waals surface area (Å²) in [6, 6.07) is 3.50. The first-order valence-electron chi connectivity index (χ1n) is 6.10. The van der Waals surface area contributed by atoms with Crippen LogP contribution in [0.4, 0.5) is 13.2 Å². The fraction of sp³-hybridized carbons (Fsp3) is 0.308. The number of pyridine rings is 1. The Labute approximate surface area is 118 Å². The zero-order valence-electron chi connectivity index (χ0n) is 11.4. The third-order valence-electron chi connectivity index (χ3n) is 2.73. The number of aromatic amines is 1. The van der Waals surface area contributed by atoms with Gasteiger partial charge in [-0.25, -0.2) is 4.98 Å². The lowest BCUT2D eigenvalue weighted by Crippen LogP contribution is -2.26. The predicted molar refractivity (Wildman–Crippen MR) is 68.5 cm³/mol. The fourth-order valence-corrected chi connectivity index (χ4v) is 1.97. The average molecular weight is 298 g/mol. The molecule has 0 aliphatic heterocycles. The molecule has 112 valence electrons. The maximum Gasteiger partial charge on any atom is 0.433 e. The monoisotopic (exact) mass is 298 g/mol. The van der Waals surface area contributed by atoms with Gasteiger partial charge in [0, 0.05) is 17.9 Å². The molecular weight excluding hydrogens is 285 g/mol. The lowest BCUT2D eigenvalue weighted by Gasteiger charge is -2.08. The molecule has 8 heteroatoms. The van der Waals surface area contributed by atoms with Gasteiger partial charge in [0.15, 0.2) is 11.4 Å². The molecule has 0 aliphatic rings. The first-order chi connectivity index (χ1) is 9.77. The van der Waals surface area contributed by atoms with Crippen molar-refractivity contribution in [2.75, 3.05) is 0 Å². The highest BCUT2D eigenvalue weighted by Gasteiger charge is 2.37. The van der Waals surface area contributed by atoms with Crippen LogP contribution in [-0.4, -0.2) is 20.9 Å². The lowest BCUT2D eigenvalue weighted by molar-refractivity contribution is -0.141. The van der Waals surface area contributed by atoms with Crippen molar-refractivity contribution >= 4 is 5.91 Å². The molecule has 21 heavy (non-hydrogen) atoms. The van der Waals surface area contributed by atoms with E-state index in [0.717, 1.165) is 23.3 Å². The number of halogens is 3. The minimum Gasteiger partial charge on any atom is -0.347 e. The number of carbonyl (C=O) groups excluding carboxylic acids is 1. The minimum absolute atomic E-state index is 0.104. The number of alkyl halides is 3. The van der Waals surface area contributed by atoms with E-state index in [0.29, 0.717) is 0 Å². The molecule has 0 atom stereocenters. The number of nitrogens with zero attached hydrogens (tertiary/aromatic N) is 2. The average Bonchev–Trinajstić information content (AvgIpc) is 2.83. The molecule has 0 aliphatic carbocycles. The number of hydrogen-bond acceptors (Lipinski definition) is 3. The molecular formula is C13H13F3N4O. The first-order valence-corrected chi connectivity index (χ1v) is 6.10. The van der Waals surface area contributed by atoms with Gasteiger partial charge in [0.1, 0.15) is 0 Å². The number of aryl methyl sites for hydroxylation is 2. The van der Waals surface area contributed by atoms with Crippen LogP contribution in [0, 0.1) is 13.8 Å². The maximum atomic E-state index is 12.7. The van der Waals surface area contributed by atoms with E-state index in [9.17, 15) is 18.0 Å². The second-order valence-electron chi connectivity index (χ2n) is 4.56. The van der Waals surface area contributed by atoms with Crippen LogP contribution in [0.2, 0.25) is 0 Å². The molecule has 0 unspecified atom stereocenters. The van der Waals surface area contributed by atoms with Crippen molar-refractivity contribution in [1.82, 2.24) is 20.3 Å². The smallest absolute Gasteiger partial charge is 0.347 e. The van der Waals surface area contributed by atoms with Crippen molar-refractivity contribution in [2.45, 2.75) is 26.6 Å². The molecule has 2 aromatic heterocycles. The molecule has 0 aromatic carbocycles. The lowest BCUT2D eigenvalue weighted by atomic mass is 10.2. The molecule has 0 saturated carbocycles. The van der Waals surface area contributed by atoms with Crippen LogP contribution in [0.25, 0.3) is 0 Å². The minimum atomic E-state index is -4.65. The number of H-pyrrole nitrogens is 1. The van der Waals surface area contributed by atoms with Crippen LogP contribution in [0.15, 0.2) is 18.5 Å². The number of amides is 1. The van der Waals surface area contributed by atoms with E-state index in [-0.39, 0.29) is 6.54 Å². The molecule has 0 spiro atoms. The second kappa shape index (κ2) is 5.55. The van der Waals surface area contributed by atoms with Gasteiger partial charge in [-0.2, -0.15) is 13.2 Å². The van der Waals surface area contributed by atoms with E-state index in [4.69, 9.17) is 0 Å².